The summed E-state index contributed by atoms with van der Waals surface area (Å²) in [5.41, 5.74) is 5.12. The summed E-state index contributed by atoms with van der Waals surface area (Å²) in [4.78, 5) is 32.1. The number of hydrogen-bond donors (Lipinski definition) is 0. The lowest BCUT2D eigenvalue weighted by Crippen LogP contribution is -2.48. The number of piperazine rings is 1. The van der Waals surface area contributed by atoms with Crippen LogP contribution < -0.4 is 4.90 Å². The van der Waals surface area contributed by atoms with Crippen LogP contribution in [0.3, 0.4) is 0 Å². The van der Waals surface area contributed by atoms with Crippen LogP contribution in [0.5, 0.6) is 0 Å². The van der Waals surface area contributed by atoms with Crippen LogP contribution in [0.25, 0.3) is 5.57 Å². The van der Waals surface area contributed by atoms with Crippen molar-refractivity contribution in [2.75, 3.05) is 31.1 Å². The fraction of sp³-hybridized carbons (Fsp3) is 0.360. The van der Waals surface area contributed by atoms with Gasteiger partial charge in [-0.3, -0.25) is 14.5 Å². The third-order valence-electron chi connectivity index (χ3n) is 6.25. The molecule has 4 rings (SSSR count). The van der Waals surface area contributed by atoms with Crippen molar-refractivity contribution in [1.29, 1.82) is 0 Å². The molecule has 31 heavy (non-hydrogen) atoms. The van der Waals surface area contributed by atoms with Crippen LogP contribution in [0.1, 0.15) is 30.5 Å². The maximum Gasteiger partial charge on any atom is 0.278 e. The van der Waals surface area contributed by atoms with Gasteiger partial charge in [0.25, 0.3) is 11.8 Å². The number of rotatable bonds is 4. The number of hydrogen-bond acceptors (Lipinski definition) is 4. The number of carbonyl (C=O) groups excluding carboxylic acids is 2. The van der Waals surface area contributed by atoms with E-state index in [0.717, 1.165) is 13.1 Å². The van der Waals surface area contributed by atoms with Gasteiger partial charge < -0.3 is 9.80 Å². The minimum atomic E-state index is -0.370. The summed E-state index contributed by atoms with van der Waals surface area (Å²) < 4.78 is 13.5. The molecule has 0 radical (unpaired) electrons. The zero-order chi connectivity index (χ0) is 22.3. The molecule has 2 aliphatic heterocycles. The second kappa shape index (κ2) is 8.17. The predicted molar refractivity (Wildman–Crippen MR) is 120 cm³/mol. The lowest BCUT2D eigenvalue weighted by Gasteiger charge is -2.38. The average Bonchev–Trinajstić information content (AvgIpc) is 3.01. The molecule has 2 aromatic rings. The maximum atomic E-state index is 13.5. The van der Waals surface area contributed by atoms with E-state index in [1.165, 1.54) is 33.8 Å². The fourth-order valence-corrected chi connectivity index (χ4v) is 4.42. The van der Waals surface area contributed by atoms with Gasteiger partial charge >= 0.3 is 0 Å². The van der Waals surface area contributed by atoms with E-state index in [0.29, 0.717) is 29.9 Å². The van der Waals surface area contributed by atoms with Gasteiger partial charge in [0.2, 0.25) is 0 Å². The minimum absolute atomic E-state index is 0.246. The number of aryl methyl sites for hydroxylation is 1. The summed E-state index contributed by atoms with van der Waals surface area (Å²) in [6, 6.07) is 11.9. The number of benzene rings is 2. The van der Waals surface area contributed by atoms with Gasteiger partial charge in [0.1, 0.15) is 11.5 Å². The van der Waals surface area contributed by atoms with Gasteiger partial charge in [0.05, 0.1) is 5.57 Å². The molecule has 0 spiro atoms. The minimum Gasteiger partial charge on any atom is -0.368 e. The Hall–Kier alpha value is -3.15. The number of anilines is 1. The van der Waals surface area contributed by atoms with E-state index in [2.05, 4.69) is 36.9 Å². The summed E-state index contributed by atoms with van der Waals surface area (Å²) in [7, 11) is 0. The third-order valence-corrected chi connectivity index (χ3v) is 6.25. The van der Waals surface area contributed by atoms with Gasteiger partial charge in [-0.25, -0.2) is 4.39 Å². The van der Waals surface area contributed by atoms with Crippen LogP contribution in [-0.4, -0.2) is 53.8 Å². The summed E-state index contributed by atoms with van der Waals surface area (Å²) in [6.45, 7) is 10.7. The highest BCUT2D eigenvalue weighted by Crippen LogP contribution is 2.34. The molecule has 1 saturated heterocycles. The number of imide groups is 1. The number of amides is 2. The predicted octanol–water partition coefficient (Wildman–Crippen LogP) is 3.75. The number of nitrogens with zero attached hydrogens (tertiary/aromatic N) is 3. The van der Waals surface area contributed by atoms with Crippen molar-refractivity contribution in [2.45, 2.75) is 33.7 Å². The van der Waals surface area contributed by atoms with Crippen molar-refractivity contribution >= 4 is 23.1 Å². The Bertz CT molecular complexity index is 1050. The van der Waals surface area contributed by atoms with Gasteiger partial charge in [-0.1, -0.05) is 24.3 Å². The van der Waals surface area contributed by atoms with E-state index in [1.807, 2.05) is 18.7 Å². The van der Waals surface area contributed by atoms with Crippen LogP contribution >= 0.6 is 0 Å². The van der Waals surface area contributed by atoms with E-state index in [1.54, 1.807) is 12.1 Å². The highest BCUT2D eigenvalue weighted by molar-refractivity contribution is 6.35. The molecule has 0 N–H and O–H groups in total. The van der Waals surface area contributed by atoms with Crippen molar-refractivity contribution < 1.29 is 14.0 Å². The Kier molecular flexibility index (Phi) is 5.56. The zero-order valence-electron chi connectivity index (χ0n) is 18.5. The number of halogens is 1. The second-order valence-corrected chi connectivity index (χ2v) is 8.50. The van der Waals surface area contributed by atoms with Gasteiger partial charge in [-0.05, 0) is 62.6 Å². The maximum absolute atomic E-state index is 13.5. The topological polar surface area (TPSA) is 43.9 Å². The van der Waals surface area contributed by atoms with Crippen LogP contribution in [0.2, 0.25) is 0 Å². The summed E-state index contributed by atoms with van der Waals surface area (Å²) >= 11 is 0. The molecule has 2 heterocycles. The van der Waals surface area contributed by atoms with Crippen molar-refractivity contribution in [2.24, 2.45) is 0 Å². The van der Waals surface area contributed by atoms with Gasteiger partial charge in [-0.2, -0.15) is 0 Å². The first-order valence-corrected chi connectivity index (χ1v) is 10.7. The van der Waals surface area contributed by atoms with Crippen LogP contribution in [0.4, 0.5) is 10.1 Å². The molecule has 0 bridgehead atoms. The van der Waals surface area contributed by atoms with Gasteiger partial charge in [0, 0.05) is 37.9 Å². The molecule has 2 aromatic carbocycles. The Morgan fingerprint density at radius 1 is 0.839 bits per heavy atom. The summed E-state index contributed by atoms with van der Waals surface area (Å²) in [5, 5.41) is 0. The van der Waals surface area contributed by atoms with Crippen molar-refractivity contribution in [3.63, 3.8) is 0 Å². The second-order valence-electron chi connectivity index (χ2n) is 8.50. The standard InChI is InChI=1S/C25H28FN3O2/c1-16(2)29-24(30)22(19-8-10-20(26)11-9-19)23(25(29)31)28-14-12-27(13-15-28)21-7-5-6-17(3)18(21)4/h5-11,16H,12-15H2,1-4H3. The first-order valence-electron chi connectivity index (χ1n) is 10.7. The largest absolute Gasteiger partial charge is 0.368 e. The Morgan fingerprint density at radius 3 is 2.06 bits per heavy atom. The molecule has 0 saturated carbocycles. The first-order chi connectivity index (χ1) is 14.8. The Balaban J connectivity index is 1.65. The molecule has 1 fully saturated rings. The summed E-state index contributed by atoms with van der Waals surface area (Å²) in [5.74, 6) is -0.941. The zero-order valence-corrected chi connectivity index (χ0v) is 18.5. The summed E-state index contributed by atoms with van der Waals surface area (Å²) in [6.07, 6.45) is 0. The lowest BCUT2D eigenvalue weighted by molar-refractivity contribution is -0.139. The van der Waals surface area contributed by atoms with E-state index in [-0.39, 0.29) is 23.7 Å². The van der Waals surface area contributed by atoms with E-state index in [4.69, 9.17) is 0 Å². The van der Waals surface area contributed by atoms with Crippen molar-refractivity contribution in [3.05, 3.63) is 70.7 Å². The average molecular weight is 422 g/mol. The van der Waals surface area contributed by atoms with Crippen LogP contribution in [0.15, 0.2) is 48.2 Å². The fourth-order valence-electron chi connectivity index (χ4n) is 4.42. The number of carbonyl (C=O) groups is 2. The molecule has 2 amide bonds. The van der Waals surface area contributed by atoms with E-state index >= 15 is 0 Å². The molecule has 5 nitrogen and oxygen atoms in total. The molecule has 0 aliphatic carbocycles. The van der Waals surface area contributed by atoms with Crippen LogP contribution in [0, 0.1) is 19.7 Å². The Labute approximate surface area is 182 Å². The third kappa shape index (κ3) is 3.71. The van der Waals surface area contributed by atoms with Crippen LogP contribution in [-0.2, 0) is 9.59 Å². The van der Waals surface area contributed by atoms with Gasteiger partial charge in [-0.15, -0.1) is 0 Å². The molecule has 0 unspecified atom stereocenters. The highest BCUT2D eigenvalue weighted by atomic mass is 19.1. The van der Waals surface area contributed by atoms with Crippen molar-refractivity contribution in [1.82, 2.24) is 9.80 Å². The smallest absolute Gasteiger partial charge is 0.278 e. The molecular formula is C25H28FN3O2. The SMILES string of the molecule is Cc1cccc(N2CCN(C3=C(c4ccc(F)cc4)C(=O)N(C(C)C)C3=O)CC2)c1C. The highest BCUT2D eigenvalue weighted by Gasteiger charge is 2.43. The molecular weight excluding hydrogens is 393 g/mol. The monoisotopic (exact) mass is 421 g/mol. The Morgan fingerprint density at radius 2 is 1.45 bits per heavy atom. The molecule has 0 aromatic heterocycles. The normalized spacial score (nSPS) is 17.4. The van der Waals surface area contributed by atoms with Crippen molar-refractivity contribution in [3.8, 4) is 0 Å². The van der Waals surface area contributed by atoms with E-state index < -0.39 is 0 Å². The lowest BCUT2D eigenvalue weighted by atomic mass is 10.0. The molecule has 6 heteroatoms. The first kappa shape index (κ1) is 21.1. The molecule has 0 atom stereocenters. The van der Waals surface area contributed by atoms with Gasteiger partial charge in [0.15, 0.2) is 0 Å². The molecule has 162 valence electrons. The molecule has 2 aliphatic rings. The quantitative estimate of drug-likeness (QED) is 0.706. The van der Waals surface area contributed by atoms with E-state index in [9.17, 15) is 14.0 Å².